The van der Waals surface area contributed by atoms with Gasteiger partial charge in [-0.1, -0.05) is 48.5 Å². The lowest BCUT2D eigenvalue weighted by Crippen LogP contribution is -2.73. The first-order valence-corrected chi connectivity index (χ1v) is 15.8. The minimum atomic E-state index is -1.06. The number of pyridine rings is 2. The molecule has 10 heteroatoms. The molecule has 0 saturated carbocycles. The molecule has 10 nitrogen and oxygen atoms in total. The second-order valence-corrected chi connectivity index (χ2v) is 12.5. The summed E-state index contributed by atoms with van der Waals surface area (Å²) in [5.41, 5.74) is 5.81. The van der Waals surface area contributed by atoms with Crippen molar-refractivity contribution in [2.24, 2.45) is 7.05 Å². The van der Waals surface area contributed by atoms with Gasteiger partial charge in [0.15, 0.2) is 5.78 Å². The van der Waals surface area contributed by atoms with Crippen LogP contribution in [-0.4, -0.2) is 65.8 Å². The molecule has 2 aliphatic rings. The smallest absolute Gasteiger partial charge is 0.408 e. The number of ketones is 1. The van der Waals surface area contributed by atoms with Crippen LogP contribution in [0.2, 0.25) is 0 Å². The molecule has 1 aliphatic carbocycles. The Balaban J connectivity index is 1.07. The second-order valence-electron chi connectivity index (χ2n) is 12.5. The third-order valence-electron chi connectivity index (χ3n) is 9.63. The van der Waals surface area contributed by atoms with E-state index in [0.717, 1.165) is 44.3 Å². The maximum absolute atomic E-state index is 13.1. The maximum Gasteiger partial charge on any atom is 0.408 e. The molecule has 0 bridgehead atoms. The first-order chi connectivity index (χ1) is 23.2. The molecular weight excluding hydrogens is 608 g/mol. The van der Waals surface area contributed by atoms with Crippen LogP contribution in [0.15, 0.2) is 90.1 Å². The monoisotopic (exact) mass is 644 g/mol. The van der Waals surface area contributed by atoms with Crippen LogP contribution < -0.4 is 20.3 Å². The number of ether oxygens (including phenoxy) is 3. The Kier molecular flexibility index (Phi) is 7.96. The fraction of sp³-hybridized carbons (Fsp3) is 0.263. The molecule has 1 fully saturated rings. The number of nitrogens with one attached hydrogen (secondary N) is 1. The number of aryl methyl sites for hydroxylation is 1. The fourth-order valence-corrected chi connectivity index (χ4v) is 7.11. The van der Waals surface area contributed by atoms with Crippen molar-refractivity contribution in [3.63, 3.8) is 0 Å². The Hall–Kier alpha value is -5.48. The lowest BCUT2D eigenvalue weighted by Gasteiger charge is -2.48. The number of likely N-dealkylation sites (tertiary alicyclic amines) is 1. The number of carbonyl (C=O) groups excluding carboxylic acids is 2. The van der Waals surface area contributed by atoms with Crippen molar-refractivity contribution in [2.45, 2.75) is 24.9 Å². The number of hydrogen-bond acceptors (Lipinski definition) is 8. The summed E-state index contributed by atoms with van der Waals surface area (Å²) in [6.45, 7) is 2.69. The Labute approximate surface area is 277 Å². The van der Waals surface area contributed by atoms with Crippen LogP contribution in [-0.2, 0) is 23.1 Å². The third-order valence-corrected chi connectivity index (χ3v) is 9.63. The Morgan fingerprint density at radius 2 is 1.54 bits per heavy atom. The summed E-state index contributed by atoms with van der Waals surface area (Å²) in [7, 11) is 4.90. The zero-order valence-electron chi connectivity index (χ0n) is 27.3. The zero-order chi connectivity index (χ0) is 33.6. The summed E-state index contributed by atoms with van der Waals surface area (Å²) in [6, 6.07) is 22.0. The molecule has 48 heavy (non-hydrogen) atoms. The van der Waals surface area contributed by atoms with Crippen molar-refractivity contribution >= 4 is 22.6 Å². The molecule has 3 aromatic carbocycles. The van der Waals surface area contributed by atoms with E-state index in [1.165, 1.54) is 11.5 Å². The molecule has 0 unspecified atom stereocenters. The molecule has 244 valence electrons. The topological polar surface area (TPSA) is 112 Å². The van der Waals surface area contributed by atoms with Gasteiger partial charge in [0.2, 0.25) is 0 Å². The molecule has 1 N–H and O–H groups in total. The molecule has 3 heterocycles. The summed E-state index contributed by atoms with van der Waals surface area (Å²) in [5, 5.41) is 4.18. The van der Waals surface area contributed by atoms with Crippen LogP contribution in [0.3, 0.4) is 0 Å². The fourth-order valence-electron chi connectivity index (χ4n) is 7.11. The lowest BCUT2D eigenvalue weighted by atomic mass is 9.85. The maximum atomic E-state index is 13.1. The van der Waals surface area contributed by atoms with Crippen molar-refractivity contribution < 1.29 is 23.8 Å². The van der Waals surface area contributed by atoms with Crippen LogP contribution in [0.5, 0.6) is 11.5 Å². The van der Waals surface area contributed by atoms with Crippen LogP contribution in [0.4, 0.5) is 4.79 Å². The Morgan fingerprint density at radius 1 is 0.917 bits per heavy atom. The Morgan fingerprint density at radius 3 is 2.15 bits per heavy atom. The zero-order valence-corrected chi connectivity index (χ0v) is 27.3. The van der Waals surface area contributed by atoms with E-state index in [1.807, 2.05) is 42.5 Å². The van der Waals surface area contributed by atoms with E-state index in [4.69, 9.17) is 14.2 Å². The highest BCUT2D eigenvalue weighted by atomic mass is 16.5. The van der Waals surface area contributed by atoms with Gasteiger partial charge in [0.05, 0.1) is 25.2 Å². The van der Waals surface area contributed by atoms with Crippen molar-refractivity contribution in [3.8, 4) is 33.8 Å². The summed E-state index contributed by atoms with van der Waals surface area (Å²) in [6.07, 6.45) is 4.41. The number of hydrogen-bond donors (Lipinski definition) is 1. The van der Waals surface area contributed by atoms with E-state index in [9.17, 15) is 14.4 Å². The number of amides is 1. The second kappa shape index (κ2) is 12.3. The van der Waals surface area contributed by atoms with E-state index in [2.05, 4.69) is 39.5 Å². The van der Waals surface area contributed by atoms with Gasteiger partial charge in [-0.15, -0.1) is 0 Å². The minimum Gasteiger partial charge on any atom is -0.496 e. The quantitative estimate of drug-likeness (QED) is 0.230. The number of nitrogens with zero attached hydrogens (tertiary/aromatic N) is 3. The predicted octanol–water partition coefficient (Wildman–Crippen LogP) is 5.30. The van der Waals surface area contributed by atoms with Gasteiger partial charge in [-0.2, -0.15) is 0 Å². The summed E-state index contributed by atoms with van der Waals surface area (Å²) < 4.78 is 19.0. The number of alkyl carbamates (subject to hydrolysis) is 1. The molecular formula is C38H36N4O6. The molecule has 0 atom stereocenters. The van der Waals surface area contributed by atoms with Crippen LogP contribution in [0.1, 0.15) is 29.5 Å². The molecule has 1 saturated heterocycles. The highest BCUT2D eigenvalue weighted by Gasteiger charge is 2.49. The summed E-state index contributed by atoms with van der Waals surface area (Å²) in [4.78, 5) is 45.0. The predicted molar refractivity (Wildman–Crippen MR) is 182 cm³/mol. The molecule has 0 radical (unpaired) electrons. The van der Waals surface area contributed by atoms with Gasteiger partial charge >= 0.3 is 6.09 Å². The van der Waals surface area contributed by atoms with Gasteiger partial charge in [-0.25, -0.2) is 4.79 Å². The standard InChI is InChI=1S/C38H36N4O6/c1-23(43)38(40-37(45)48-20-33-27-11-7-5-9-25(27)26-10-6-8-12-28(26)33)21-42(22-38)19-32-34(46-3)15-24(16-35(32)47-4)31-18-41(2)36(44)30-17-39-14-13-29(30)31/h5-18,33H,19-22H2,1-4H3,(H,40,45). The minimum absolute atomic E-state index is 0.0763. The van der Waals surface area contributed by atoms with Crippen molar-refractivity contribution in [3.05, 3.63) is 112 Å². The van der Waals surface area contributed by atoms with Gasteiger partial charge in [0, 0.05) is 56.8 Å². The highest BCUT2D eigenvalue weighted by Crippen LogP contribution is 2.45. The number of fused-ring (bicyclic) bond motifs is 4. The first kappa shape index (κ1) is 31.1. The summed E-state index contributed by atoms with van der Waals surface area (Å²) in [5.74, 6) is 0.987. The number of carbonyl (C=O) groups is 2. The summed E-state index contributed by atoms with van der Waals surface area (Å²) >= 11 is 0. The SMILES string of the molecule is COc1cc(-c2cn(C)c(=O)c3cnccc23)cc(OC)c1CN1CC(NC(=O)OCC2c3ccccc3-c3ccccc32)(C(C)=O)C1. The van der Waals surface area contributed by atoms with E-state index < -0.39 is 11.6 Å². The molecule has 1 amide bonds. The highest BCUT2D eigenvalue weighted by molar-refractivity contribution is 5.96. The average Bonchev–Trinajstić information content (AvgIpc) is 3.41. The third kappa shape index (κ3) is 5.28. The lowest BCUT2D eigenvalue weighted by molar-refractivity contribution is -0.130. The van der Waals surface area contributed by atoms with E-state index in [0.29, 0.717) is 36.5 Å². The molecule has 5 aromatic rings. The van der Waals surface area contributed by atoms with Crippen molar-refractivity contribution in [1.29, 1.82) is 0 Å². The molecule has 0 spiro atoms. The average molecular weight is 645 g/mol. The van der Waals surface area contributed by atoms with Gasteiger partial charge in [-0.05, 0) is 58.3 Å². The van der Waals surface area contributed by atoms with E-state index in [1.54, 1.807) is 39.9 Å². The van der Waals surface area contributed by atoms with Crippen LogP contribution in [0.25, 0.3) is 33.0 Å². The van der Waals surface area contributed by atoms with Gasteiger partial charge in [0.1, 0.15) is 23.6 Å². The van der Waals surface area contributed by atoms with E-state index >= 15 is 0 Å². The molecule has 1 aliphatic heterocycles. The number of aromatic nitrogens is 2. The van der Waals surface area contributed by atoms with Crippen molar-refractivity contribution in [2.75, 3.05) is 33.9 Å². The number of methoxy groups -OCH3 is 2. The van der Waals surface area contributed by atoms with Crippen LogP contribution >= 0.6 is 0 Å². The Bertz CT molecular complexity index is 2060. The van der Waals surface area contributed by atoms with Gasteiger partial charge in [-0.3, -0.25) is 19.5 Å². The van der Waals surface area contributed by atoms with Gasteiger partial charge in [0.25, 0.3) is 5.56 Å². The van der Waals surface area contributed by atoms with E-state index in [-0.39, 0.29) is 23.9 Å². The van der Waals surface area contributed by atoms with Crippen molar-refractivity contribution in [1.82, 2.24) is 19.8 Å². The number of rotatable bonds is 9. The largest absolute Gasteiger partial charge is 0.496 e. The normalized spacial score (nSPS) is 14.9. The first-order valence-electron chi connectivity index (χ1n) is 15.8. The number of benzene rings is 3. The molecule has 7 rings (SSSR count). The van der Waals surface area contributed by atoms with Gasteiger partial charge < -0.3 is 24.1 Å². The molecule has 2 aromatic heterocycles. The van der Waals surface area contributed by atoms with Crippen LogP contribution in [0, 0.1) is 0 Å². The number of Topliss-reactive ketones (excluding diaryl/α,β-unsaturated/α-hetero) is 1.